The number of allylic oxidation sites excluding steroid dienone is 4. The molecule has 7 nitrogen and oxygen atoms in total. The maximum absolute atomic E-state index is 4.91. The minimum absolute atomic E-state index is 0.202. The third kappa shape index (κ3) is 5.16. The lowest BCUT2D eigenvalue weighted by Crippen LogP contribution is -2.21. The maximum atomic E-state index is 4.91. The van der Waals surface area contributed by atoms with Crippen molar-refractivity contribution < 1.29 is 0 Å². The predicted molar refractivity (Wildman–Crippen MR) is 127 cm³/mol. The molecule has 0 unspecified atom stereocenters. The highest BCUT2D eigenvalue weighted by Gasteiger charge is 2.22. The number of aromatic amines is 1. The van der Waals surface area contributed by atoms with Crippen molar-refractivity contribution in [1.82, 2.24) is 19.9 Å². The zero-order valence-electron chi connectivity index (χ0n) is 19.0. The molecule has 0 amide bonds. The van der Waals surface area contributed by atoms with Crippen molar-refractivity contribution in [3.05, 3.63) is 59.5 Å². The molecule has 31 heavy (non-hydrogen) atoms. The van der Waals surface area contributed by atoms with Gasteiger partial charge in [-0.15, -0.1) is 0 Å². The summed E-state index contributed by atoms with van der Waals surface area (Å²) in [6.45, 7) is 10.5. The molecule has 0 bridgehead atoms. The molecular formula is C24H33N7. The third-order valence-electron chi connectivity index (χ3n) is 5.80. The minimum Gasteiger partial charge on any atom is -0.354 e. The average Bonchev–Trinajstić information content (AvgIpc) is 3.20. The van der Waals surface area contributed by atoms with Crippen molar-refractivity contribution in [1.29, 1.82) is 0 Å². The largest absolute Gasteiger partial charge is 0.354 e. The van der Waals surface area contributed by atoms with Crippen LogP contribution in [0.5, 0.6) is 0 Å². The standard InChI is InChI=1S/C24H33N7/c1-5-31-15-17(2)6-7-20-21(28-18-8-11-24(3,4)12-9-18)29-23(30-22(20)31)26-13-10-19-14-25-16-27-19/h8-9,11,14-16H,5-7,10,12-13H2,1-4H3,(H,25,27)(H2,26,28,29,30). The Hall–Kier alpha value is -3.09. The van der Waals surface area contributed by atoms with Crippen LogP contribution in [0.4, 0.5) is 17.6 Å². The van der Waals surface area contributed by atoms with E-state index < -0.39 is 0 Å². The van der Waals surface area contributed by atoms with Crippen LogP contribution < -0.4 is 15.5 Å². The molecule has 0 aromatic carbocycles. The zero-order valence-corrected chi connectivity index (χ0v) is 19.0. The van der Waals surface area contributed by atoms with Crippen LogP contribution in [0.15, 0.2) is 48.2 Å². The molecule has 0 saturated heterocycles. The first kappa shape index (κ1) is 21.2. The van der Waals surface area contributed by atoms with E-state index in [-0.39, 0.29) is 5.41 Å². The van der Waals surface area contributed by atoms with Gasteiger partial charge in [0.15, 0.2) is 0 Å². The van der Waals surface area contributed by atoms with E-state index in [2.05, 4.69) is 77.6 Å². The number of anilines is 3. The highest BCUT2D eigenvalue weighted by Crippen LogP contribution is 2.34. The molecule has 4 rings (SSSR count). The van der Waals surface area contributed by atoms with E-state index in [1.165, 1.54) is 11.1 Å². The molecule has 2 aromatic heterocycles. The van der Waals surface area contributed by atoms with E-state index in [0.717, 1.165) is 61.8 Å². The van der Waals surface area contributed by atoms with Crippen LogP contribution in [0.3, 0.4) is 0 Å². The van der Waals surface area contributed by atoms with E-state index in [0.29, 0.717) is 5.95 Å². The fourth-order valence-corrected chi connectivity index (χ4v) is 3.86. The Morgan fingerprint density at radius 1 is 1.23 bits per heavy atom. The van der Waals surface area contributed by atoms with E-state index in [9.17, 15) is 0 Å². The molecule has 2 aliphatic rings. The Morgan fingerprint density at radius 2 is 2.10 bits per heavy atom. The minimum atomic E-state index is 0.202. The first-order chi connectivity index (χ1) is 14.9. The van der Waals surface area contributed by atoms with Crippen LogP contribution in [0.25, 0.3) is 0 Å². The van der Waals surface area contributed by atoms with Gasteiger partial charge >= 0.3 is 0 Å². The molecule has 1 aliphatic heterocycles. The van der Waals surface area contributed by atoms with E-state index in [1.807, 2.05) is 6.20 Å². The van der Waals surface area contributed by atoms with Gasteiger partial charge in [0.1, 0.15) is 11.6 Å². The topological polar surface area (TPSA) is 81.8 Å². The van der Waals surface area contributed by atoms with E-state index in [1.54, 1.807) is 6.33 Å². The normalized spacial score (nSPS) is 17.5. The molecule has 3 N–H and O–H groups in total. The van der Waals surface area contributed by atoms with Gasteiger partial charge in [0.25, 0.3) is 0 Å². The highest BCUT2D eigenvalue weighted by atomic mass is 15.2. The summed E-state index contributed by atoms with van der Waals surface area (Å²) >= 11 is 0. The number of hydrogen-bond acceptors (Lipinski definition) is 6. The first-order valence-electron chi connectivity index (χ1n) is 11.2. The second kappa shape index (κ2) is 8.96. The zero-order chi connectivity index (χ0) is 21.8. The first-order valence-corrected chi connectivity index (χ1v) is 11.2. The van der Waals surface area contributed by atoms with Gasteiger partial charge in [-0.05, 0) is 44.6 Å². The van der Waals surface area contributed by atoms with Gasteiger partial charge in [-0.1, -0.05) is 31.6 Å². The number of rotatable bonds is 7. The number of hydrogen-bond donors (Lipinski definition) is 3. The average molecular weight is 420 g/mol. The number of aromatic nitrogens is 4. The summed E-state index contributed by atoms with van der Waals surface area (Å²) in [5.74, 6) is 2.53. The van der Waals surface area contributed by atoms with Crippen molar-refractivity contribution in [2.45, 2.75) is 53.4 Å². The van der Waals surface area contributed by atoms with Gasteiger partial charge in [-0.3, -0.25) is 0 Å². The fraction of sp³-hybridized carbons (Fsp3) is 0.458. The maximum Gasteiger partial charge on any atom is 0.226 e. The van der Waals surface area contributed by atoms with Gasteiger partial charge in [0.05, 0.1) is 6.33 Å². The van der Waals surface area contributed by atoms with Crippen molar-refractivity contribution in [2.24, 2.45) is 5.41 Å². The number of fused-ring (bicyclic) bond motifs is 1. The number of imidazole rings is 1. The molecule has 0 saturated carbocycles. The van der Waals surface area contributed by atoms with Crippen LogP contribution in [-0.4, -0.2) is 33.0 Å². The second-order valence-electron chi connectivity index (χ2n) is 9.02. The Kier molecular flexibility index (Phi) is 6.11. The smallest absolute Gasteiger partial charge is 0.226 e. The molecule has 7 heteroatoms. The Morgan fingerprint density at radius 3 is 2.81 bits per heavy atom. The van der Waals surface area contributed by atoms with Crippen LogP contribution in [0.1, 0.15) is 51.8 Å². The molecule has 0 atom stereocenters. The Balaban J connectivity index is 1.62. The summed E-state index contributed by atoms with van der Waals surface area (Å²) in [4.78, 5) is 19.3. The molecule has 0 spiro atoms. The van der Waals surface area contributed by atoms with Crippen LogP contribution in [0.2, 0.25) is 0 Å². The van der Waals surface area contributed by atoms with Crippen LogP contribution in [0, 0.1) is 5.41 Å². The Bertz CT molecular complexity index is 999. The summed E-state index contributed by atoms with van der Waals surface area (Å²) in [6.07, 6.45) is 16.3. The fourth-order valence-electron chi connectivity index (χ4n) is 3.86. The molecule has 0 radical (unpaired) electrons. The molecular weight excluding hydrogens is 386 g/mol. The summed E-state index contributed by atoms with van der Waals surface area (Å²) < 4.78 is 0. The summed E-state index contributed by atoms with van der Waals surface area (Å²) in [5, 5.41) is 7.00. The monoisotopic (exact) mass is 419 g/mol. The molecule has 0 fully saturated rings. The number of nitrogens with zero attached hydrogens (tertiary/aromatic N) is 4. The van der Waals surface area contributed by atoms with Crippen LogP contribution >= 0.6 is 0 Å². The van der Waals surface area contributed by atoms with Gasteiger partial charge in [0.2, 0.25) is 5.95 Å². The van der Waals surface area contributed by atoms with Crippen molar-refractivity contribution >= 4 is 17.6 Å². The third-order valence-corrected chi connectivity index (χ3v) is 5.80. The van der Waals surface area contributed by atoms with Crippen molar-refractivity contribution in [2.75, 3.05) is 28.6 Å². The summed E-state index contributed by atoms with van der Waals surface area (Å²) in [5.41, 5.74) is 4.93. The molecule has 3 heterocycles. The van der Waals surface area contributed by atoms with E-state index >= 15 is 0 Å². The SMILES string of the molecule is CCN1C=C(C)CCc2c(NC3=CCC(C)(C)C=C3)nc(NCCc3cnc[nH]3)nc21. The molecule has 2 aromatic rings. The number of nitrogens with one attached hydrogen (secondary N) is 3. The van der Waals surface area contributed by atoms with E-state index in [4.69, 9.17) is 9.97 Å². The Labute approximate surface area is 184 Å². The molecule has 1 aliphatic carbocycles. The summed E-state index contributed by atoms with van der Waals surface area (Å²) in [6, 6.07) is 0. The van der Waals surface area contributed by atoms with Gasteiger partial charge in [-0.25, -0.2) is 4.98 Å². The van der Waals surface area contributed by atoms with Gasteiger partial charge in [-0.2, -0.15) is 9.97 Å². The second-order valence-corrected chi connectivity index (χ2v) is 9.02. The van der Waals surface area contributed by atoms with Crippen molar-refractivity contribution in [3.63, 3.8) is 0 Å². The number of H-pyrrole nitrogens is 1. The lowest BCUT2D eigenvalue weighted by atomic mass is 9.85. The van der Waals surface area contributed by atoms with Crippen LogP contribution in [-0.2, 0) is 12.8 Å². The lowest BCUT2D eigenvalue weighted by Gasteiger charge is -2.25. The van der Waals surface area contributed by atoms with Crippen molar-refractivity contribution in [3.8, 4) is 0 Å². The molecule has 164 valence electrons. The predicted octanol–water partition coefficient (Wildman–Crippen LogP) is 4.81. The van der Waals surface area contributed by atoms with Gasteiger partial charge in [0, 0.05) is 48.9 Å². The quantitative estimate of drug-likeness (QED) is 0.597. The lowest BCUT2D eigenvalue weighted by molar-refractivity contribution is 0.482. The summed E-state index contributed by atoms with van der Waals surface area (Å²) in [7, 11) is 0. The van der Waals surface area contributed by atoms with Gasteiger partial charge < -0.3 is 20.5 Å². The highest BCUT2D eigenvalue weighted by molar-refractivity contribution is 5.66.